The number of aromatic hydroxyl groups is 1. The summed E-state index contributed by atoms with van der Waals surface area (Å²) in [5.74, 6) is -1.08. The molecule has 0 aliphatic heterocycles. The normalized spacial score (nSPS) is 14.7. The van der Waals surface area contributed by atoms with Crippen molar-refractivity contribution in [2.24, 2.45) is 0 Å². The average Bonchev–Trinajstić information content (AvgIpc) is 2.23. The van der Waals surface area contributed by atoms with Gasteiger partial charge in [0, 0.05) is 0 Å². The third kappa shape index (κ3) is 1.58. The standard InChI is InChI=1S/C12H14O3/c1-7-6-10(12(14)15)11(13)9-5-3-2-4-8(7)9/h6,13H,2-5H2,1H3,(H,14,15). The maximum atomic E-state index is 10.9. The summed E-state index contributed by atoms with van der Waals surface area (Å²) in [6, 6.07) is 1.57. The molecule has 1 aromatic rings. The van der Waals surface area contributed by atoms with Crippen LogP contribution in [0.3, 0.4) is 0 Å². The summed E-state index contributed by atoms with van der Waals surface area (Å²) in [5, 5.41) is 18.8. The Balaban J connectivity index is 2.64. The number of aryl methyl sites for hydroxylation is 1. The Hall–Kier alpha value is -1.51. The number of carboxylic acids is 1. The van der Waals surface area contributed by atoms with E-state index >= 15 is 0 Å². The van der Waals surface area contributed by atoms with Gasteiger partial charge in [0.1, 0.15) is 11.3 Å². The van der Waals surface area contributed by atoms with Crippen LogP contribution in [0.2, 0.25) is 0 Å². The molecule has 0 amide bonds. The maximum absolute atomic E-state index is 10.9. The van der Waals surface area contributed by atoms with Crippen molar-refractivity contribution in [3.63, 3.8) is 0 Å². The summed E-state index contributed by atoms with van der Waals surface area (Å²) in [7, 11) is 0. The molecule has 3 nitrogen and oxygen atoms in total. The number of carboxylic acid groups (broad SMARTS) is 1. The summed E-state index contributed by atoms with van der Waals surface area (Å²) < 4.78 is 0. The third-order valence-electron chi connectivity index (χ3n) is 3.08. The zero-order chi connectivity index (χ0) is 11.0. The topological polar surface area (TPSA) is 57.5 Å². The second kappa shape index (κ2) is 3.57. The minimum Gasteiger partial charge on any atom is -0.507 e. The molecule has 0 spiro atoms. The zero-order valence-electron chi connectivity index (χ0n) is 8.71. The van der Waals surface area contributed by atoms with Gasteiger partial charge in [0.25, 0.3) is 0 Å². The van der Waals surface area contributed by atoms with Crippen LogP contribution in [0, 0.1) is 6.92 Å². The predicted molar refractivity (Wildman–Crippen MR) is 56.4 cm³/mol. The molecule has 0 saturated carbocycles. The number of hydrogen-bond donors (Lipinski definition) is 2. The van der Waals surface area contributed by atoms with Crippen LogP contribution in [-0.4, -0.2) is 16.2 Å². The van der Waals surface area contributed by atoms with Crippen molar-refractivity contribution in [1.82, 2.24) is 0 Å². The number of aromatic carboxylic acids is 1. The Kier molecular flexibility index (Phi) is 2.39. The highest BCUT2D eigenvalue weighted by atomic mass is 16.4. The van der Waals surface area contributed by atoms with E-state index in [9.17, 15) is 9.90 Å². The summed E-state index contributed by atoms with van der Waals surface area (Å²) in [5.41, 5.74) is 3.01. The first-order valence-corrected chi connectivity index (χ1v) is 5.19. The van der Waals surface area contributed by atoms with E-state index in [2.05, 4.69) is 0 Å². The molecule has 2 N–H and O–H groups in total. The molecule has 15 heavy (non-hydrogen) atoms. The molecule has 1 aliphatic carbocycles. The SMILES string of the molecule is Cc1cc(C(=O)O)c(O)c2c1CCCC2. The van der Waals surface area contributed by atoms with Gasteiger partial charge in [-0.3, -0.25) is 0 Å². The highest BCUT2D eigenvalue weighted by molar-refractivity contribution is 5.92. The smallest absolute Gasteiger partial charge is 0.339 e. The van der Waals surface area contributed by atoms with Gasteiger partial charge in [-0.15, -0.1) is 0 Å². The van der Waals surface area contributed by atoms with Gasteiger partial charge in [-0.05, 0) is 55.4 Å². The predicted octanol–water partition coefficient (Wildman–Crippen LogP) is 2.28. The molecule has 1 aromatic carbocycles. The lowest BCUT2D eigenvalue weighted by Gasteiger charge is -2.20. The van der Waals surface area contributed by atoms with Gasteiger partial charge in [0.05, 0.1) is 0 Å². The van der Waals surface area contributed by atoms with Crippen LogP contribution in [0.5, 0.6) is 5.75 Å². The number of benzene rings is 1. The molecular formula is C12H14O3. The molecular weight excluding hydrogens is 192 g/mol. The number of hydrogen-bond acceptors (Lipinski definition) is 2. The van der Waals surface area contributed by atoms with Crippen LogP contribution in [-0.2, 0) is 12.8 Å². The molecule has 0 unspecified atom stereocenters. The highest BCUT2D eigenvalue weighted by Gasteiger charge is 2.21. The van der Waals surface area contributed by atoms with Gasteiger partial charge in [-0.1, -0.05) is 0 Å². The number of phenols is 1. The van der Waals surface area contributed by atoms with E-state index in [1.807, 2.05) is 6.92 Å². The Morgan fingerprint density at radius 2 is 1.87 bits per heavy atom. The molecule has 0 saturated heterocycles. The van der Waals surface area contributed by atoms with E-state index in [0.717, 1.165) is 42.4 Å². The lowest BCUT2D eigenvalue weighted by atomic mass is 9.86. The van der Waals surface area contributed by atoms with Gasteiger partial charge in [0.2, 0.25) is 0 Å². The van der Waals surface area contributed by atoms with E-state index < -0.39 is 5.97 Å². The highest BCUT2D eigenvalue weighted by Crippen LogP contribution is 2.34. The Bertz CT molecular complexity index is 421. The Labute approximate surface area is 88.4 Å². The van der Waals surface area contributed by atoms with E-state index in [1.54, 1.807) is 6.07 Å². The van der Waals surface area contributed by atoms with E-state index in [1.165, 1.54) is 0 Å². The van der Waals surface area contributed by atoms with Crippen LogP contribution in [0.4, 0.5) is 0 Å². The molecule has 3 heteroatoms. The first-order valence-electron chi connectivity index (χ1n) is 5.19. The zero-order valence-corrected chi connectivity index (χ0v) is 8.71. The van der Waals surface area contributed by atoms with Gasteiger partial charge in [0.15, 0.2) is 0 Å². The van der Waals surface area contributed by atoms with E-state index in [-0.39, 0.29) is 11.3 Å². The summed E-state index contributed by atoms with van der Waals surface area (Å²) in [4.78, 5) is 10.9. The number of carbonyl (C=O) groups is 1. The summed E-state index contributed by atoms with van der Waals surface area (Å²) in [6.45, 7) is 1.91. The van der Waals surface area contributed by atoms with Crippen LogP contribution in [0.25, 0.3) is 0 Å². The van der Waals surface area contributed by atoms with Crippen molar-refractivity contribution >= 4 is 5.97 Å². The van der Waals surface area contributed by atoms with Crippen LogP contribution >= 0.6 is 0 Å². The molecule has 0 radical (unpaired) electrons. The molecule has 80 valence electrons. The summed E-state index contributed by atoms with van der Waals surface area (Å²) >= 11 is 0. The van der Waals surface area contributed by atoms with Crippen molar-refractivity contribution < 1.29 is 15.0 Å². The summed E-state index contributed by atoms with van der Waals surface area (Å²) in [6.07, 6.45) is 3.90. The van der Waals surface area contributed by atoms with Gasteiger partial charge >= 0.3 is 5.97 Å². The van der Waals surface area contributed by atoms with Gasteiger partial charge in [-0.2, -0.15) is 0 Å². The van der Waals surface area contributed by atoms with Crippen LogP contribution < -0.4 is 0 Å². The lowest BCUT2D eigenvalue weighted by molar-refractivity contribution is 0.0693. The van der Waals surface area contributed by atoms with Crippen molar-refractivity contribution in [3.05, 3.63) is 28.3 Å². The largest absolute Gasteiger partial charge is 0.507 e. The first-order chi connectivity index (χ1) is 7.11. The molecule has 0 heterocycles. The number of rotatable bonds is 1. The minimum absolute atomic E-state index is 0.0252. The Morgan fingerprint density at radius 1 is 1.27 bits per heavy atom. The molecule has 0 fully saturated rings. The van der Waals surface area contributed by atoms with Gasteiger partial charge in [-0.25, -0.2) is 4.79 Å². The number of fused-ring (bicyclic) bond motifs is 1. The molecule has 1 aliphatic rings. The Morgan fingerprint density at radius 3 is 2.47 bits per heavy atom. The maximum Gasteiger partial charge on any atom is 0.339 e. The van der Waals surface area contributed by atoms with Crippen LogP contribution in [0.15, 0.2) is 6.07 Å². The fourth-order valence-corrected chi connectivity index (χ4v) is 2.30. The monoisotopic (exact) mass is 206 g/mol. The van der Waals surface area contributed by atoms with Crippen molar-refractivity contribution in [1.29, 1.82) is 0 Å². The lowest BCUT2D eigenvalue weighted by Crippen LogP contribution is -2.09. The third-order valence-corrected chi connectivity index (χ3v) is 3.08. The first kappa shape index (κ1) is 10.0. The second-order valence-electron chi connectivity index (χ2n) is 4.06. The van der Waals surface area contributed by atoms with Crippen LogP contribution in [0.1, 0.15) is 39.9 Å². The van der Waals surface area contributed by atoms with Crippen molar-refractivity contribution in [2.45, 2.75) is 32.6 Å². The molecule has 0 atom stereocenters. The molecule has 0 bridgehead atoms. The minimum atomic E-state index is -1.05. The molecule has 2 rings (SSSR count). The van der Waals surface area contributed by atoms with E-state index in [0.29, 0.717) is 0 Å². The van der Waals surface area contributed by atoms with Gasteiger partial charge < -0.3 is 10.2 Å². The van der Waals surface area contributed by atoms with Crippen molar-refractivity contribution in [2.75, 3.05) is 0 Å². The van der Waals surface area contributed by atoms with E-state index in [4.69, 9.17) is 5.11 Å². The fraction of sp³-hybridized carbons (Fsp3) is 0.417. The average molecular weight is 206 g/mol. The molecule has 0 aromatic heterocycles. The quantitative estimate of drug-likeness (QED) is 0.741. The fourth-order valence-electron chi connectivity index (χ4n) is 2.30. The second-order valence-corrected chi connectivity index (χ2v) is 4.06. The van der Waals surface area contributed by atoms with Crippen molar-refractivity contribution in [3.8, 4) is 5.75 Å².